The summed E-state index contributed by atoms with van der Waals surface area (Å²) in [5.74, 6) is -2.74. The van der Waals surface area contributed by atoms with E-state index in [2.05, 4.69) is 5.32 Å². The number of hydrogen-bond acceptors (Lipinski definition) is 2. The number of amides is 2. The maximum atomic E-state index is 13.5. The van der Waals surface area contributed by atoms with Crippen LogP contribution >= 0.6 is 0 Å². The Morgan fingerprint density at radius 2 is 2.00 bits per heavy atom. The number of carbonyl (C=O) groups excluding carboxylic acids is 1. The van der Waals surface area contributed by atoms with E-state index in [9.17, 15) is 18.4 Å². The van der Waals surface area contributed by atoms with Gasteiger partial charge in [-0.3, -0.25) is 4.79 Å². The number of hydrogen-bond donors (Lipinski definition) is 2. The molecule has 1 aromatic rings. The highest BCUT2D eigenvalue weighted by Crippen LogP contribution is 2.22. The lowest BCUT2D eigenvalue weighted by molar-refractivity contribution is -0.138. The summed E-state index contributed by atoms with van der Waals surface area (Å²) in [4.78, 5) is 24.1. The lowest BCUT2D eigenvalue weighted by Gasteiger charge is -2.32. The molecule has 7 heteroatoms. The molecule has 2 rings (SSSR count). The smallest absolute Gasteiger partial charge is 0.322 e. The molecule has 0 bridgehead atoms. The molecule has 2 amide bonds. The van der Waals surface area contributed by atoms with Crippen molar-refractivity contribution in [2.45, 2.75) is 19.3 Å². The van der Waals surface area contributed by atoms with Crippen LogP contribution in [0.2, 0.25) is 0 Å². The van der Waals surface area contributed by atoms with Crippen LogP contribution in [0.4, 0.5) is 19.3 Å². The highest BCUT2D eigenvalue weighted by atomic mass is 19.1. The highest BCUT2D eigenvalue weighted by molar-refractivity contribution is 5.89. The van der Waals surface area contributed by atoms with Gasteiger partial charge in [0.05, 0.1) is 0 Å². The van der Waals surface area contributed by atoms with Crippen LogP contribution in [0.5, 0.6) is 0 Å². The molecule has 1 heterocycles. The highest BCUT2D eigenvalue weighted by Gasteiger charge is 2.26. The molecule has 1 aliphatic heterocycles. The minimum absolute atomic E-state index is 0.0160. The van der Waals surface area contributed by atoms with Gasteiger partial charge in [-0.2, -0.15) is 0 Å². The second-order valence-electron chi connectivity index (χ2n) is 5.08. The molecule has 5 nitrogen and oxygen atoms in total. The lowest BCUT2D eigenvalue weighted by Crippen LogP contribution is -2.43. The predicted molar refractivity (Wildman–Crippen MR) is 71.9 cm³/mol. The Balaban J connectivity index is 2.01. The summed E-state index contributed by atoms with van der Waals surface area (Å²) in [5, 5.41) is 11.0. The van der Waals surface area contributed by atoms with Gasteiger partial charge < -0.3 is 15.3 Å². The Morgan fingerprint density at radius 1 is 1.33 bits per heavy atom. The van der Waals surface area contributed by atoms with Crippen LogP contribution in [0.3, 0.4) is 0 Å². The monoisotopic (exact) mass is 298 g/mol. The van der Waals surface area contributed by atoms with Crippen LogP contribution in [-0.2, 0) is 4.79 Å². The van der Waals surface area contributed by atoms with Crippen molar-refractivity contribution < 1.29 is 23.5 Å². The van der Waals surface area contributed by atoms with E-state index in [1.165, 1.54) is 11.0 Å². The van der Waals surface area contributed by atoms with Crippen LogP contribution in [-0.4, -0.2) is 35.1 Å². The third-order valence-corrected chi connectivity index (χ3v) is 3.46. The van der Waals surface area contributed by atoms with Gasteiger partial charge in [-0.25, -0.2) is 13.6 Å². The molecular formula is C14H16F2N2O3. The second kappa shape index (κ2) is 6.51. The molecule has 1 unspecified atom stereocenters. The summed E-state index contributed by atoms with van der Waals surface area (Å²) in [6.07, 6.45) is 1.38. The number of benzene rings is 1. The van der Waals surface area contributed by atoms with Crippen molar-refractivity contribution >= 4 is 17.7 Å². The molecule has 1 aromatic carbocycles. The minimum atomic E-state index is -0.914. The number of nitrogens with zero attached hydrogens (tertiary/aromatic N) is 1. The van der Waals surface area contributed by atoms with Gasteiger partial charge in [-0.1, -0.05) is 6.07 Å². The number of carbonyl (C=O) groups is 2. The number of nitrogens with one attached hydrogen (secondary N) is 1. The fourth-order valence-electron chi connectivity index (χ4n) is 2.47. The summed E-state index contributed by atoms with van der Waals surface area (Å²) < 4.78 is 27.0. The van der Waals surface area contributed by atoms with E-state index in [-0.39, 0.29) is 18.9 Å². The number of urea groups is 1. The van der Waals surface area contributed by atoms with Crippen molar-refractivity contribution in [3.8, 4) is 0 Å². The lowest BCUT2D eigenvalue weighted by atomic mass is 9.95. The van der Waals surface area contributed by atoms with Crippen molar-refractivity contribution in [1.82, 2.24) is 4.90 Å². The van der Waals surface area contributed by atoms with Gasteiger partial charge in [-0.05, 0) is 30.9 Å². The van der Waals surface area contributed by atoms with Gasteiger partial charge in [0.2, 0.25) is 0 Å². The van der Waals surface area contributed by atoms with Gasteiger partial charge in [0.1, 0.15) is 17.3 Å². The van der Waals surface area contributed by atoms with Crippen LogP contribution in [0.25, 0.3) is 0 Å². The predicted octanol–water partition coefficient (Wildman–Crippen LogP) is 2.68. The minimum Gasteiger partial charge on any atom is -0.481 e. The molecule has 21 heavy (non-hydrogen) atoms. The quantitative estimate of drug-likeness (QED) is 0.901. The summed E-state index contributed by atoms with van der Waals surface area (Å²) in [7, 11) is 0. The fraction of sp³-hybridized carbons (Fsp3) is 0.429. The van der Waals surface area contributed by atoms with E-state index in [4.69, 9.17) is 5.11 Å². The maximum Gasteiger partial charge on any atom is 0.322 e. The first-order chi connectivity index (χ1) is 9.97. The first kappa shape index (κ1) is 15.2. The molecule has 2 N–H and O–H groups in total. The zero-order chi connectivity index (χ0) is 15.4. The molecule has 0 aliphatic carbocycles. The van der Waals surface area contributed by atoms with Crippen molar-refractivity contribution in [1.29, 1.82) is 0 Å². The van der Waals surface area contributed by atoms with E-state index in [1.54, 1.807) is 0 Å². The molecule has 0 radical (unpaired) electrons. The van der Waals surface area contributed by atoms with Crippen molar-refractivity contribution in [2.75, 3.05) is 18.4 Å². The number of halogens is 2. The Bertz CT molecular complexity index is 531. The van der Waals surface area contributed by atoms with Gasteiger partial charge in [0, 0.05) is 19.5 Å². The largest absolute Gasteiger partial charge is 0.481 e. The summed E-state index contributed by atoms with van der Waals surface area (Å²) in [6.45, 7) is 0.715. The van der Waals surface area contributed by atoms with E-state index in [0.717, 1.165) is 18.6 Å². The normalized spacial score (nSPS) is 18.4. The molecule has 114 valence electrons. The number of para-hydroxylation sites is 1. The molecule has 0 aromatic heterocycles. The van der Waals surface area contributed by atoms with Crippen molar-refractivity contribution in [2.24, 2.45) is 5.92 Å². The van der Waals surface area contributed by atoms with Gasteiger partial charge in [-0.15, -0.1) is 0 Å². The first-order valence-electron chi connectivity index (χ1n) is 6.69. The molecule has 1 atom stereocenters. The van der Waals surface area contributed by atoms with E-state index >= 15 is 0 Å². The molecule has 0 spiro atoms. The molecule has 1 aliphatic rings. The summed E-state index contributed by atoms with van der Waals surface area (Å²) in [6, 6.07) is 2.71. The zero-order valence-corrected chi connectivity index (χ0v) is 11.3. The third kappa shape index (κ3) is 3.90. The van der Waals surface area contributed by atoms with Crippen molar-refractivity contribution in [3.63, 3.8) is 0 Å². The Kier molecular flexibility index (Phi) is 4.72. The Hall–Kier alpha value is -2.18. The van der Waals surface area contributed by atoms with Crippen LogP contribution in [0.15, 0.2) is 18.2 Å². The van der Waals surface area contributed by atoms with Crippen LogP contribution in [0.1, 0.15) is 19.3 Å². The molecule has 1 saturated heterocycles. The van der Waals surface area contributed by atoms with E-state index < -0.39 is 29.3 Å². The number of carboxylic acid groups (broad SMARTS) is 1. The van der Waals surface area contributed by atoms with Gasteiger partial charge >= 0.3 is 12.0 Å². The zero-order valence-electron chi connectivity index (χ0n) is 11.3. The van der Waals surface area contributed by atoms with Crippen molar-refractivity contribution in [3.05, 3.63) is 29.8 Å². The number of piperidine rings is 1. The van der Waals surface area contributed by atoms with Crippen LogP contribution in [0, 0.1) is 17.6 Å². The third-order valence-electron chi connectivity index (χ3n) is 3.46. The average Bonchev–Trinajstić information content (AvgIpc) is 2.42. The number of likely N-dealkylation sites (tertiary alicyclic amines) is 1. The topological polar surface area (TPSA) is 69.6 Å². The van der Waals surface area contributed by atoms with E-state index in [0.29, 0.717) is 13.0 Å². The first-order valence-corrected chi connectivity index (χ1v) is 6.69. The SMILES string of the molecule is O=C(O)CC1CCCN(C(=O)Nc2c(F)cccc2F)C1. The summed E-state index contributed by atoms with van der Waals surface area (Å²) >= 11 is 0. The van der Waals surface area contributed by atoms with Crippen LogP contribution < -0.4 is 5.32 Å². The Labute approximate surface area is 120 Å². The fourth-order valence-corrected chi connectivity index (χ4v) is 2.47. The molecular weight excluding hydrogens is 282 g/mol. The second-order valence-corrected chi connectivity index (χ2v) is 5.08. The number of rotatable bonds is 3. The maximum absolute atomic E-state index is 13.5. The van der Waals surface area contributed by atoms with E-state index in [1.807, 2.05) is 0 Å². The average molecular weight is 298 g/mol. The standard InChI is InChI=1S/C14H16F2N2O3/c15-10-4-1-5-11(16)13(10)17-14(21)18-6-2-3-9(8-18)7-12(19)20/h1,4-5,9H,2-3,6-8H2,(H,17,21)(H,19,20). The number of anilines is 1. The van der Waals surface area contributed by atoms with Gasteiger partial charge in [0.25, 0.3) is 0 Å². The number of aliphatic carboxylic acids is 1. The molecule has 1 fully saturated rings. The summed E-state index contributed by atoms with van der Waals surface area (Å²) in [5.41, 5.74) is -0.483. The number of carboxylic acids is 1. The van der Waals surface area contributed by atoms with Gasteiger partial charge in [0.15, 0.2) is 0 Å². The molecule has 0 saturated carbocycles. The Morgan fingerprint density at radius 3 is 2.62 bits per heavy atom.